The number of carbonyl (C=O) groups excluding carboxylic acids is 1. The van der Waals surface area contributed by atoms with Gasteiger partial charge < -0.3 is 4.42 Å². The summed E-state index contributed by atoms with van der Waals surface area (Å²) in [4.78, 5) is 25.6. The van der Waals surface area contributed by atoms with E-state index >= 15 is 0 Å². The molecule has 1 aliphatic heterocycles. The van der Waals surface area contributed by atoms with E-state index in [4.69, 9.17) is 16.6 Å². The molecule has 2 aromatic carbocycles. The summed E-state index contributed by atoms with van der Waals surface area (Å²) in [6, 6.07) is 17.2. The Hall–Kier alpha value is -3.23. The molecule has 3 aromatic rings. The molecule has 0 aliphatic carbocycles. The quantitative estimate of drug-likeness (QED) is 0.237. The van der Waals surface area contributed by atoms with Gasteiger partial charge in [0.25, 0.3) is 11.6 Å². The molecule has 4 rings (SSSR count). The van der Waals surface area contributed by atoms with Crippen LogP contribution in [0.25, 0.3) is 17.4 Å². The van der Waals surface area contributed by atoms with E-state index in [2.05, 4.69) is 0 Å². The lowest BCUT2D eigenvalue weighted by Crippen LogP contribution is -2.28. The second-order valence-corrected chi connectivity index (χ2v) is 7.96. The van der Waals surface area contributed by atoms with Crippen molar-refractivity contribution >= 4 is 51.7 Å². The van der Waals surface area contributed by atoms with Crippen molar-refractivity contribution in [3.8, 4) is 11.3 Å². The van der Waals surface area contributed by atoms with Gasteiger partial charge in [0.05, 0.1) is 21.1 Å². The minimum atomic E-state index is -0.454. The number of benzene rings is 2. The highest BCUT2D eigenvalue weighted by Gasteiger charge is 2.34. The van der Waals surface area contributed by atoms with Gasteiger partial charge in [-0.15, -0.1) is 0 Å². The van der Waals surface area contributed by atoms with Crippen LogP contribution in [0.15, 0.2) is 70.0 Å². The van der Waals surface area contributed by atoms with Crippen LogP contribution >= 0.6 is 24.0 Å². The summed E-state index contributed by atoms with van der Waals surface area (Å²) in [5.41, 5.74) is 2.03. The van der Waals surface area contributed by atoms with Crippen LogP contribution in [0.4, 0.5) is 11.4 Å². The van der Waals surface area contributed by atoms with Gasteiger partial charge in [-0.3, -0.25) is 19.8 Å². The van der Waals surface area contributed by atoms with E-state index < -0.39 is 4.92 Å². The molecule has 29 heavy (non-hydrogen) atoms. The predicted molar refractivity (Wildman–Crippen MR) is 118 cm³/mol. The van der Waals surface area contributed by atoms with Crippen LogP contribution in [0.2, 0.25) is 0 Å². The molecule has 1 saturated heterocycles. The van der Waals surface area contributed by atoms with Gasteiger partial charge in [-0.25, -0.2) is 0 Å². The molecule has 2 heterocycles. The van der Waals surface area contributed by atoms with Crippen LogP contribution < -0.4 is 4.90 Å². The Balaban J connectivity index is 1.65. The van der Waals surface area contributed by atoms with E-state index in [1.54, 1.807) is 36.4 Å². The molecule has 0 N–H and O–H groups in total. The smallest absolute Gasteiger partial charge is 0.280 e. The van der Waals surface area contributed by atoms with E-state index in [9.17, 15) is 14.9 Å². The topological polar surface area (TPSA) is 76.6 Å². The minimum absolute atomic E-state index is 0.0423. The van der Waals surface area contributed by atoms with Gasteiger partial charge in [0.2, 0.25) is 0 Å². The molecule has 8 heteroatoms. The van der Waals surface area contributed by atoms with Crippen molar-refractivity contribution in [3.05, 3.63) is 87.0 Å². The van der Waals surface area contributed by atoms with E-state index in [-0.39, 0.29) is 11.6 Å². The fraction of sp³-hybridized carbons (Fsp3) is 0.0476. The number of hydrogen-bond donors (Lipinski definition) is 0. The Labute approximate surface area is 176 Å². The van der Waals surface area contributed by atoms with Crippen molar-refractivity contribution in [2.45, 2.75) is 6.92 Å². The Bertz CT molecular complexity index is 1180. The van der Waals surface area contributed by atoms with Crippen molar-refractivity contribution in [1.82, 2.24) is 0 Å². The van der Waals surface area contributed by atoms with Gasteiger partial charge in [-0.2, -0.15) is 0 Å². The lowest BCUT2D eigenvalue weighted by molar-refractivity contribution is -0.384. The molecular weight excluding hydrogens is 408 g/mol. The Kier molecular flexibility index (Phi) is 5.04. The number of anilines is 1. The zero-order valence-corrected chi connectivity index (χ0v) is 16.8. The molecular formula is C21H14N2O4S2. The molecule has 0 atom stereocenters. The van der Waals surface area contributed by atoms with Crippen LogP contribution in [0, 0.1) is 17.0 Å². The standard InChI is InChI=1S/C21H14N2O4S2/c1-13-6-2-4-8-16(13)22-20(24)19(29-21(22)28)12-14-10-11-18(27-14)15-7-3-5-9-17(15)23(25)26/h2-12H,1H3/b19-12-. The maximum Gasteiger partial charge on any atom is 0.280 e. The third-order valence-electron chi connectivity index (χ3n) is 4.42. The molecule has 0 unspecified atom stereocenters. The maximum absolute atomic E-state index is 12.9. The molecule has 1 amide bonds. The van der Waals surface area contributed by atoms with Crippen molar-refractivity contribution in [3.63, 3.8) is 0 Å². The third-order valence-corrected chi connectivity index (χ3v) is 5.72. The lowest BCUT2D eigenvalue weighted by atomic mass is 10.1. The van der Waals surface area contributed by atoms with Gasteiger partial charge in [0.1, 0.15) is 11.5 Å². The highest BCUT2D eigenvalue weighted by atomic mass is 32.2. The van der Waals surface area contributed by atoms with Crippen LogP contribution in [0.5, 0.6) is 0 Å². The number of furan rings is 1. The molecule has 1 aromatic heterocycles. The summed E-state index contributed by atoms with van der Waals surface area (Å²) in [7, 11) is 0. The summed E-state index contributed by atoms with van der Waals surface area (Å²) in [6.07, 6.45) is 1.61. The number of nitro benzene ring substituents is 1. The highest BCUT2D eigenvalue weighted by molar-refractivity contribution is 8.27. The molecule has 144 valence electrons. The summed E-state index contributed by atoms with van der Waals surface area (Å²) in [5, 5.41) is 11.2. The Morgan fingerprint density at radius 2 is 1.83 bits per heavy atom. The molecule has 0 bridgehead atoms. The number of nitro groups is 1. The molecule has 0 saturated carbocycles. The van der Waals surface area contributed by atoms with Crippen molar-refractivity contribution in [2.75, 3.05) is 4.90 Å². The number of para-hydroxylation sites is 2. The second-order valence-electron chi connectivity index (χ2n) is 6.28. The first-order chi connectivity index (χ1) is 14.0. The Morgan fingerprint density at radius 1 is 1.10 bits per heavy atom. The number of nitrogens with zero attached hydrogens (tertiary/aromatic N) is 2. The van der Waals surface area contributed by atoms with Crippen molar-refractivity contribution < 1.29 is 14.1 Å². The largest absolute Gasteiger partial charge is 0.456 e. The third kappa shape index (κ3) is 3.59. The monoisotopic (exact) mass is 422 g/mol. The molecule has 6 nitrogen and oxygen atoms in total. The van der Waals surface area contributed by atoms with E-state index in [0.29, 0.717) is 26.3 Å². The van der Waals surface area contributed by atoms with E-state index in [0.717, 1.165) is 11.3 Å². The summed E-state index contributed by atoms with van der Waals surface area (Å²) in [6.45, 7) is 1.92. The molecule has 0 spiro atoms. The molecule has 1 fully saturated rings. The number of rotatable bonds is 4. The van der Waals surface area contributed by atoms with Gasteiger partial charge in [0, 0.05) is 12.1 Å². The first-order valence-electron chi connectivity index (χ1n) is 8.63. The number of thioether (sulfide) groups is 1. The van der Waals surface area contributed by atoms with Crippen molar-refractivity contribution in [2.24, 2.45) is 0 Å². The SMILES string of the molecule is Cc1ccccc1N1C(=O)/C(=C/c2ccc(-c3ccccc3[N+](=O)[O-])o2)SC1=S. The fourth-order valence-corrected chi connectivity index (χ4v) is 4.30. The van der Waals surface area contributed by atoms with Gasteiger partial charge in [0.15, 0.2) is 4.32 Å². The summed E-state index contributed by atoms with van der Waals surface area (Å²) < 4.78 is 6.21. The summed E-state index contributed by atoms with van der Waals surface area (Å²) in [5.74, 6) is 0.555. The number of carbonyl (C=O) groups is 1. The average molecular weight is 422 g/mol. The number of thiocarbonyl (C=S) groups is 1. The fourth-order valence-electron chi connectivity index (χ4n) is 3.04. The van der Waals surface area contributed by atoms with Crippen molar-refractivity contribution in [1.29, 1.82) is 0 Å². The van der Waals surface area contributed by atoms with Gasteiger partial charge >= 0.3 is 0 Å². The van der Waals surface area contributed by atoms with Crippen LogP contribution in [-0.2, 0) is 4.79 Å². The highest BCUT2D eigenvalue weighted by Crippen LogP contribution is 2.38. The number of aryl methyl sites for hydroxylation is 1. The first kappa shape index (κ1) is 19.1. The average Bonchev–Trinajstić information content (AvgIpc) is 3.27. The van der Waals surface area contributed by atoms with Gasteiger partial charge in [-0.05, 0) is 36.8 Å². The molecule has 1 aliphatic rings. The second kappa shape index (κ2) is 7.65. The Morgan fingerprint density at radius 3 is 2.59 bits per heavy atom. The zero-order chi connectivity index (χ0) is 20.5. The van der Waals surface area contributed by atoms with Crippen LogP contribution in [-0.4, -0.2) is 15.2 Å². The molecule has 0 radical (unpaired) electrons. The minimum Gasteiger partial charge on any atom is -0.456 e. The lowest BCUT2D eigenvalue weighted by Gasteiger charge is -2.16. The number of amides is 1. The normalized spacial score (nSPS) is 15.3. The zero-order valence-electron chi connectivity index (χ0n) is 15.2. The number of hydrogen-bond acceptors (Lipinski definition) is 6. The first-order valence-corrected chi connectivity index (χ1v) is 9.85. The predicted octanol–water partition coefficient (Wildman–Crippen LogP) is 5.57. The van der Waals surface area contributed by atoms with E-state index in [1.165, 1.54) is 22.7 Å². The van der Waals surface area contributed by atoms with Crippen LogP contribution in [0.1, 0.15) is 11.3 Å². The van der Waals surface area contributed by atoms with Gasteiger partial charge in [-0.1, -0.05) is 54.3 Å². The van der Waals surface area contributed by atoms with Crippen LogP contribution in [0.3, 0.4) is 0 Å². The maximum atomic E-state index is 12.9. The summed E-state index contributed by atoms with van der Waals surface area (Å²) >= 11 is 6.60. The van der Waals surface area contributed by atoms with E-state index in [1.807, 2.05) is 31.2 Å².